The Labute approximate surface area is 112 Å². The summed E-state index contributed by atoms with van der Waals surface area (Å²) >= 11 is 0. The van der Waals surface area contributed by atoms with E-state index in [1.165, 1.54) is 0 Å². The molecule has 0 bridgehead atoms. The summed E-state index contributed by atoms with van der Waals surface area (Å²) in [5.41, 5.74) is 5.95. The van der Waals surface area contributed by atoms with Crippen LogP contribution >= 0.6 is 0 Å². The first kappa shape index (κ1) is 13.6. The van der Waals surface area contributed by atoms with Crippen LogP contribution in [0.2, 0.25) is 0 Å². The van der Waals surface area contributed by atoms with Crippen LogP contribution in [0.3, 0.4) is 0 Å². The molecule has 2 atom stereocenters. The van der Waals surface area contributed by atoms with Crippen LogP contribution in [0.5, 0.6) is 0 Å². The van der Waals surface area contributed by atoms with Crippen molar-refractivity contribution in [2.45, 2.75) is 38.8 Å². The molecule has 2 amide bonds. The number of carbonyl (C=O) groups excluding carboxylic acids is 2. The van der Waals surface area contributed by atoms with Gasteiger partial charge in [-0.05, 0) is 20.8 Å². The standard InChI is InChI=1S/C13H20N4O2/c1-13(2,3)17-10(18)5-9(12(14)19)11(17)8-6-15-16(4)7-8/h6-7,9,11H,5H2,1-4H3,(H2,14,19). The van der Waals surface area contributed by atoms with E-state index in [1.54, 1.807) is 22.8 Å². The predicted molar refractivity (Wildman–Crippen MR) is 69.8 cm³/mol. The summed E-state index contributed by atoms with van der Waals surface area (Å²) in [5.74, 6) is -0.963. The SMILES string of the molecule is Cn1cc(C2C(C(N)=O)CC(=O)N2C(C)(C)C)cn1. The van der Waals surface area contributed by atoms with Gasteiger partial charge in [-0.25, -0.2) is 0 Å². The molecular weight excluding hydrogens is 244 g/mol. The van der Waals surface area contributed by atoms with Gasteiger partial charge >= 0.3 is 0 Å². The fourth-order valence-corrected chi connectivity index (χ4v) is 2.75. The van der Waals surface area contributed by atoms with E-state index in [9.17, 15) is 9.59 Å². The molecule has 2 unspecified atom stereocenters. The maximum Gasteiger partial charge on any atom is 0.224 e. The fraction of sp³-hybridized carbons (Fsp3) is 0.615. The van der Waals surface area contributed by atoms with Crippen LogP contribution in [0.1, 0.15) is 38.8 Å². The van der Waals surface area contributed by atoms with Crippen LogP contribution in [0.25, 0.3) is 0 Å². The summed E-state index contributed by atoms with van der Waals surface area (Å²) in [6, 6.07) is -0.321. The van der Waals surface area contributed by atoms with Crippen molar-refractivity contribution in [2.24, 2.45) is 18.7 Å². The van der Waals surface area contributed by atoms with E-state index in [0.717, 1.165) is 5.56 Å². The molecule has 2 N–H and O–H groups in total. The van der Waals surface area contributed by atoms with E-state index in [1.807, 2.05) is 27.0 Å². The molecule has 0 radical (unpaired) electrons. The van der Waals surface area contributed by atoms with Gasteiger partial charge in [-0.1, -0.05) is 0 Å². The maximum absolute atomic E-state index is 12.2. The van der Waals surface area contributed by atoms with Crippen molar-refractivity contribution in [3.63, 3.8) is 0 Å². The van der Waals surface area contributed by atoms with Gasteiger partial charge in [0.2, 0.25) is 11.8 Å². The molecule has 1 aromatic rings. The first-order valence-corrected chi connectivity index (χ1v) is 6.32. The van der Waals surface area contributed by atoms with Gasteiger partial charge in [0.05, 0.1) is 18.2 Å². The van der Waals surface area contributed by atoms with Crippen LogP contribution in [0.4, 0.5) is 0 Å². The van der Waals surface area contributed by atoms with Crippen molar-refractivity contribution in [3.05, 3.63) is 18.0 Å². The van der Waals surface area contributed by atoms with Crippen molar-refractivity contribution in [1.29, 1.82) is 0 Å². The molecule has 1 aliphatic rings. The molecule has 19 heavy (non-hydrogen) atoms. The lowest BCUT2D eigenvalue weighted by Crippen LogP contribution is -2.44. The molecule has 0 aromatic carbocycles. The molecule has 0 saturated carbocycles. The van der Waals surface area contributed by atoms with Crippen LogP contribution in [0, 0.1) is 5.92 Å². The third kappa shape index (κ3) is 2.34. The molecule has 1 aliphatic heterocycles. The molecule has 0 aliphatic carbocycles. The van der Waals surface area contributed by atoms with Gasteiger partial charge in [0.15, 0.2) is 0 Å². The minimum atomic E-state index is -0.490. The quantitative estimate of drug-likeness (QED) is 0.849. The number of likely N-dealkylation sites (tertiary alicyclic amines) is 1. The third-order valence-electron chi connectivity index (χ3n) is 3.48. The van der Waals surface area contributed by atoms with E-state index in [2.05, 4.69) is 5.10 Å². The Morgan fingerprint density at radius 3 is 2.53 bits per heavy atom. The zero-order valence-corrected chi connectivity index (χ0v) is 11.8. The van der Waals surface area contributed by atoms with Gasteiger partial charge in [0.25, 0.3) is 0 Å². The summed E-state index contributed by atoms with van der Waals surface area (Å²) in [6.07, 6.45) is 3.70. The first-order valence-electron chi connectivity index (χ1n) is 6.32. The van der Waals surface area contributed by atoms with E-state index in [-0.39, 0.29) is 23.9 Å². The summed E-state index contributed by atoms with van der Waals surface area (Å²) in [6.45, 7) is 5.87. The number of aryl methyl sites for hydroxylation is 1. The Kier molecular flexibility index (Phi) is 3.12. The van der Waals surface area contributed by atoms with Crippen LogP contribution in [-0.4, -0.2) is 32.0 Å². The number of nitrogens with two attached hydrogens (primary N) is 1. The average Bonchev–Trinajstić information content (AvgIpc) is 2.80. The Morgan fingerprint density at radius 2 is 2.11 bits per heavy atom. The number of aromatic nitrogens is 2. The van der Waals surface area contributed by atoms with Crippen LogP contribution in [0.15, 0.2) is 12.4 Å². The molecule has 104 valence electrons. The highest BCUT2D eigenvalue weighted by Crippen LogP contribution is 2.41. The van der Waals surface area contributed by atoms with Crippen molar-refractivity contribution < 1.29 is 9.59 Å². The van der Waals surface area contributed by atoms with E-state index < -0.39 is 11.8 Å². The number of nitrogens with zero attached hydrogens (tertiary/aromatic N) is 3. The average molecular weight is 264 g/mol. The second kappa shape index (κ2) is 4.36. The van der Waals surface area contributed by atoms with Crippen molar-refractivity contribution in [2.75, 3.05) is 0 Å². The molecule has 6 heteroatoms. The number of amides is 2. The Balaban J connectivity index is 2.47. The van der Waals surface area contributed by atoms with Gasteiger partial charge < -0.3 is 10.6 Å². The fourth-order valence-electron chi connectivity index (χ4n) is 2.75. The summed E-state index contributed by atoms with van der Waals surface area (Å²) in [7, 11) is 1.81. The molecule has 2 rings (SSSR count). The number of primary amides is 1. The molecular formula is C13H20N4O2. The molecule has 2 heterocycles. The molecule has 0 spiro atoms. The van der Waals surface area contributed by atoms with Crippen molar-refractivity contribution in [1.82, 2.24) is 14.7 Å². The minimum Gasteiger partial charge on any atom is -0.369 e. The second-order valence-electron chi connectivity index (χ2n) is 6.04. The second-order valence-corrected chi connectivity index (χ2v) is 6.04. The largest absolute Gasteiger partial charge is 0.369 e. The van der Waals surface area contributed by atoms with E-state index >= 15 is 0 Å². The molecule has 1 saturated heterocycles. The predicted octanol–water partition coefficient (Wildman–Crippen LogP) is 0.593. The first-order chi connectivity index (χ1) is 8.71. The highest BCUT2D eigenvalue weighted by atomic mass is 16.2. The van der Waals surface area contributed by atoms with E-state index in [0.29, 0.717) is 0 Å². The summed E-state index contributed by atoms with van der Waals surface area (Å²) in [4.78, 5) is 25.6. The van der Waals surface area contributed by atoms with Gasteiger partial charge in [-0.15, -0.1) is 0 Å². The van der Waals surface area contributed by atoms with Gasteiger partial charge in [0, 0.05) is 30.8 Å². The zero-order valence-electron chi connectivity index (χ0n) is 11.8. The smallest absolute Gasteiger partial charge is 0.224 e. The maximum atomic E-state index is 12.2. The number of carbonyl (C=O) groups is 2. The third-order valence-corrected chi connectivity index (χ3v) is 3.48. The summed E-state index contributed by atoms with van der Waals surface area (Å²) < 4.78 is 1.66. The highest BCUT2D eigenvalue weighted by Gasteiger charge is 2.48. The topological polar surface area (TPSA) is 81.2 Å². The number of hydrogen-bond acceptors (Lipinski definition) is 3. The lowest BCUT2D eigenvalue weighted by Gasteiger charge is -2.37. The van der Waals surface area contributed by atoms with Crippen LogP contribution < -0.4 is 5.73 Å². The number of rotatable bonds is 2. The lowest BCUT2D eigenvalue weighted by atomic mass is 9.93. The highest BCUT2D eigenvalue weighted by molar-refractivity contribution is 5.90. The molecule has 1 aromatic heterocycles. The number of hydrogen-bond donors (Lipinski definition) is 1. The normalized spacial score (nSPS) is 24.0. The molecule has 6 nitrogen and oxygen atoms in total. The van der Waals surface area contributed by atoms with Crippen LogP contribution in [-0.2, 0) is 16.6 Å². The zero-order chi connectivity index (χ0) is 14.4. The molecule has 1 fully saturated rings. The minimum absolute atomic E-state index is 0.0369. The summed E-state index contributed by atoms with van der Waals surface area (Å²) in [5, 5.41) is 4.12. The Bertz CT molecular complexity index is 515. The Morgan fingerprint density at radius 1 is 1.47 bits per heavy atom. The van der Waals surface area contributed by atoms with Gasteiger partial charge in [-0.2, -0.15) is 5.10 Å². The van der Waals surface area contributed by atoms with Crippen molar-refractivity contribution in [3.8, 4) is 0 Å². The van der Waals surface area contributed by atoms with Gasteiger partial charge in [0.1, 0.15) is 0 Å². The van der Waals surface area contributed by atoms with Crippen molar-refractivity contribution >= 4 is 11.8 Å². The van der Waals surface area contributed by atoms with E-state index in [4.69, 9.17) is 5.73 Å². The Hall–Kier alpha value is -1.85. The van der Waals surface area contributed by atoms with Gasteiger partial charge in [-0.3, -0.25) is 14.3 Å². The lowest BCUT2D eigenvalue weighted by molar-refractivity contribution is -0.133. The monoisotopic (exact) mass is 264 g/mol.